The van der Waals surface area contributed by atoms with E-state index in [9.17, 15) is 18.0 Å². The fourth-order valence-electron chi connectivity index (χ4n) is 4.41. The predicted molar refractivity (Wildman–Crippen MR) is 140 cm³/mol. The lowest BCUT2D eigenvalue weighted by atomic mass is 10.1. The van der Waals surface area contributed by atoms with Gasteiger partial charge in [0.05, 0.1) is 11.9 Å². The van der Waals surface area contributed by atoms with Crippen LogP contribution >= 0.6 is 11.6 Å². The molecule has 2 amide bonds. The number of aryl methyl sites for hydroxylation is 1. The third-order valence-electron chi connectivity index (χ3n) is 6.63. The van der Waals surface area contributed by atoms with E-state index in [1.54, 1.807) is 37.3 Å². The molecule has 0 aromatic heterocycles. The van der Waals surface area contributed by atoms with E-state index in [4.69, 9.17) is 11.6 Å². The van der Waals surface area contributed by atoms with Crippen molar-refractivity contribution in [3.63, 3.8) is 0 Å². The minimum absolute atomic E-state index is 0.107. The third-order valence-corrected chi connectivity index (χ3v) is 8.00. The normalized spacial score (nSPS) is 15.0. The summed E-state index contributed by atoms with van der Waals surface area (Å²) in [5.74, 6) is -0.713. The zero-order valence-corrected chi connectivity index (χ0v) is 22.3. The zero-order valence-electron chi connectivity index (χ0n) is 20.8. The van der Waals surface area contributed by atoms with Gasteiger partial charge in [0.1, 0.15) is 12.6 Å². The molecule has 2 aromatic carbocycles. The molecule has 1 fully saturated rings. The molecular formula is C26H34ClN3O4S. The van der Waals surface area contributed by atoms with Crippen LogP contribution in [0, 0.1) is 13.8 Å². The number of carbonyl (C=O) groups excluding carboxylic acids is 2. The van der Waals surface area contributed by atoms with Crippen molar-refractivity contribution in [2.24, 2.45) is 0 Å². The minimum atomic E-state index is -3.77. The first-order valence-electron chi connectivity index (χ1n) is 11.9. The van der Waals surface area contributed by atoms with Crippen LogP contribution in [0.5, 0.6) is 0 Å². The van der Waals surface area contributed by atoms with Crippen LogP contribution in [0.2, 0.25) is 5.02 Å². The van der Waals surface area contributed by atoms with Crippen LogP contribution in [-0.4, -0.2) is 50.0 Å². The number of hydrogen-bond acceptors (Lipinski definition) is 4. The molecule has 3 rings (SSSR count). The Labute approximate surface area is 213 Å². The Hall–Kier alpha value is -2.58. The molecule has 0 heterocycles. The molecule has 0 bridgehead atoms. The monoisotopic (exact) mass is 519 g/mol. The minimum Gasteiger partial charge on any atom is -0.352 e. The molecule has 9 heteroatoms. The van der Waals surface area contributed by atoms with E-state index in [0.717, 1.165) is 52.9 Å². The Kier molecular flexibility index (Phi) is 8.83. The van der Waals surface area contributed by atoms with Crippen molar-refractivity contribution in [3.05, 3.63) is 64.2 Å². The van der Waals surface area contributed by atoms with Crippen LogP contribution in [0.3, 0.4) is 0 Å². The summed E-state index contributed by atoms with van der Waals surface area (Å²) >= 11 is 6.15. The van der Waals surface area contributed by atoms with Gasteiger partial charge in [-0.2, -0.15) is 0 Å². The van der Waals surface area contributed by atoms with Gasteiger partial charge in [0.2, 0.25) is 21.8 Å². The van der Waals surface area contributed by atoms with E-state index in [1.807, 2.05) is 26.0 Å². The molecule has 0 radical (unpaired) electrons. The SMILES string of the molecule is Cc1cccc(N(CC(=O)N(Cc2cccc(Cl)c2)[C@@H](C)C(=O)NC2CCCC2)S(C)(=O)=O)c1C. The van der Waals surface area contributed by atoms with Gasteiger partial charge < -0.3 is 10.2 Å². The van der Waals surface area contributed by atoms with Gasteiger partial charge in [0, 0.05) is 17.6 Å². The zero-order chi connectivity index (χ0) is 25.8. The second-order valence-electron chi connectivity index (χ2n) is 9.31. The second kappa shape index (κ2) is 11.4. The lowest BCUT2D eigenvalue weighted by molar-refractivity contribution is -0.139. The van der Waals surface area contributed by atoms with E-state index in [1.165, 1.54) is 4.90 Å². The number of nitrogens with one attached hydrogen (secondary N) is 1. The summed E-state index contributed by atoms with van der Waals surface area (Å²) in [5.41, 5.74) is 2.90. The highest BCUT2D eigenvalue weighted by Gasteiger charge is 2.31. The highest BCUT2D eigenvalue weighted by Crippen LogP contribution is 2.26. The Balaban J connectivity index is 1.91. The van der Waals surface area contributed by atoms with Crippen molar-refractivity contribution < 1.29 is 18.0 Å². The van der Waals surface area contributed by atoms with E-state index in [0.29, 0.717) is 10.7 Å². The maximum absolute atomic E-state index is 13.6. The van der Waals surface area contributed by atoms with Gasteiger partial charge in [-0.1, -0.05) is 48.7 Å². The van der Waals surface area contributed by atoms with E-state index in [2.05, 4.69) is 5.32 Å². The molecule has 1 N–H and O–H groups in total. The van der Waals surface area contributed by atoms with Crippen molar-refractivity contribution in [1.82, 2.24) is 10.2 Å². The summed E-state index contributed by atoms with van der Waals surface area (Å²) in [6, 6.07) is 11.7. The fourth-order valence-corrected chi connectivity index (χ4v) is 5.52. The molecule has 2 aromatic rings. The highest BCUT2D eigenvalue weighted by atomic mass is 35.5. The standard InChI is InChI=1S/C26H34ClN3O4S/c1-18-9-7-14-24(19(18)2)30(35(4,33)34)17-25(31)29(16-21-10-8-11-22(27)15-21)20(3)26(32)28-23-12-5-6-13-23/h7-11,14-15,20,23H,5-6,12-13,16-17H2,1-4H3,(H,28,32)/t20-/m0/s1. The largest absolute Gasteiger partial charge is 0.352 e. The molecule has 35 heavy (non-hydrogen) atoms. The first-order chi connectivity index (χ1) is 16.5. The van der Waals surface area contributed by atoms with Gasteiger partial charge in [-0.3, -0.25) is 13.9 Å². The van der Waals surface area contributed by atoms with Crippen molar-refractivity contribution in [3.8, 4) is 0 Å². The Morgan fingerprint density at radius 3 is 2.40 bits per heavy atom. The first kappa shape index (κ1) is 27.0. The molecular weight excluding hydrogens is 486 g/mol. The molecule has 0 spiro atoms. The highest BCUT2D eigenvalue weighted by molar-refractivity contribution is 7.92. The van der Waals surface area contributed by atoms with Crippen molar-refractivity contribution in [1.29, 1.82) is 0 Å². The molecule has 190 valence electrons. The van der Waals surface area contributed by atoms with Gasteiger partial charge in [-0.15, -0.1) is 0 Å². The number of halogens is 1. The lowest BCUT2D eigenvalue weighted by Crippen LogP contribution is -2.52. The smallest absolute Gasteiger partial charge is 0.244 e. The summed E-state index contributed by atoms with van der Waals surface area (Å²) in [6.45, 7) is 5.11. The van der Waals surface area contributed by atoms with Crippen LogP contribution in [-0.2, 0) is 26.2 Å². The molecule has 0 saturated heterocycles. The van der Waals surface area contributed by atoms with Crippen LogP contribution in [0.1, 0.15) is 49.3 Å². The number of anilines is 1. The van der Waals surface area contributed by atoms with Crippen LogP contribution in [0.25, 0.3) is 0 Å². The van der Waals surface area contributed by atoms with Crippen molar-refractivity contribution in [2.45, 2.75) is 65.1 Å². The Morgan fingerprint density at radius 2 is 1.77 bits per heavy atom. The Bertz CT molecular complexity index is 1180. The summed E-state index contributed by atoms with van der Waals surface area (Å²) in [6.07, 6.45) is 5.08. The molecule has 7 nitrogen and oxygen atoms in total. The van der Waals surface area contributed by atoms with Gasteiger partial charge in [-0.05, 0) is 68.5 Å². The van der Waals surface area contributed by atoms with Gasteiger partial charge in [0.15, 0.2) is 0 Å². The predicted octanol–water partition coefficient (Wildman–Crippen LogP) is 4.20. The average molecular weight is 520 g/mol. The van der Waals surface area contributed by atoms with Crippen molar-refractivity contribution in [2.75, 3.05) is 17.1 Å². The van der Waals surface area contributed by atoms with Crippen LogP contribution in [0.4, 0.5) is 5.69 Å². The van der Waals surface area contributed by atoms with Gasteiger partial charge in [-0.25, -0.2) is 8.42 Å². The average Bonchev–Trinajstić information content (AvgIpc) is 3.29. The lowest BCUT2D eigenvalue weighted by Gasteiger charge is -2.32. The van der Waals surface area contributed by atoms with E-state index < -0.39 is 28.5 Å². The number of rotatable bonds is 9. The molecule has 1 aliphatic rings. The molecule has 0 aliphatic heterocycles. The maximum Gasteiger partial charge on any atom is 0.244 e. The van der Waals surface area contributed by atoms with Gasteiger partial charge >= 0.3 is 0 Å². The summed E-state index contributed by atoms with van der Waals surface area (Å²) in [4.78, 5) is 28.2. The summed E-state index contributed by atoms with van der Waals surface area (Å²) in [7, 11) is -3.77. The van der Waals surface area contributed by atoms with Crippen LogP contribution < -0.4 is 9.62 Å². The maximum atomic E-state index is 13.6. The molecule has 0 unspecified atom stereocenters. The topological polar surface area (TPSA) is 86.8 Å². The fraction of sp³-hybridized carbons (Fsp3) is 0.462. The van der Waals surface area contributed by atoms with Crippen molar-refractivity contribution >= 4 is 39.1 Å². The number of hydrogen-bond donors (Lipinski definition) is 1. The number of carbonyl (C=O) groups is 2. The molecule has 1 atom stereocenters. The molecule has 1 aliphatic carbocycles. The summed E-state index contributed by atoms with van der Waals surface area (Å²) < 4.78 is 26.6. The quantitative estimate of drug-likeness (QED) is 0.538. The van der Waals surface area contributed by atoms with Crippen LogP contribution in [0.15, 0.2) is 42.5 Å². The number of amides is 2. The first-order valence-corrected chi connectivity index (χ1v) is 14.1. The van der Waals surface area contributed by atoms with E-state index >= 15 is 0 Å². The Morgan fingerprint density at radius 1 is 1.11 bits per heavy atom. The summed E-state index contributed by atoms with van der Waals surface area (Å²) in [5, 5.41) is 3.57. The van der Waals surface area contributed by atoms with Gasteiger partial charge in [0.25, 0.3) is 0 Å². The number of benzene rings is 2. The van der Waals surface area contributed by atoms with E-state index in [-0.39, 0.29) is 18.5 Å². The second-order valence-corrected chi connectivity index (χ2v) is 11.6. The molecule has 1 saturated carbocycles. The number of sulfonamides is 1. The third kappa shape index (κ3) is 6.98. The number of nitrogens with zero attached hydrogens (tertiary/aromatic N) is 2.